The van der Waals surface area contributed by atoms with Crippen LogP contribution in [-0.4, -0.2) is 19.5 Å². The van der Waals surface area contributed by atoms with Gasteiger partial charge in [0.05, 0.1) is 0 Å². The fourth-order valence-electron chi connectivity index (χ4n) is 1.57. The van der Waals surface area contributed by atoms with Gasteiger partial charge in [0.1, 0.15) is 0 Å². The van der Waals surface area contributed by atoms with Crippen molar-refractivity contribution in [2.45, 2.75) is 33.1 Å². The highest BCUT2D eigenvalue weighted by Gasteiger charge is 2.29. The van der Waals surface area contributed by atoms with E-state index in [1.54, 1.807) is 6.92 Å². The van der Waals surface area contributed by atoms with Crippen LogP contribution >= 0.6 is 0 Å². The van der Waals surface area contributed by atoms with E-state index >= 15 is 0 Å². The van der Waals surface area contributed by atoms with Crippen molar-refractivity contribution in [1.82, 2.24) is 0 Å². The molecule has 1 unspecified atom stereocenters. The van der Waals surface area contributed by atoms with Crippen molar-refractivity contribution in [3.8, 4) is 0 Å². The van der Waals surface area contributed by atoms with Gasteiger partial charge in [-0.05, 0) is 32.4 Å². The molecule has 1 aromatic carbocycles. The van der Waals surface area contributed by atoms with Crippen LogP contribution in [0, 0.1) is 12.8 Å². The fourth-order valence-corrected chi connectivity index (χ4v) is 1.57. The maximum absolute atomic E-state index is 13.0. The average molecular weight is 241 g/mol. The highest BCUT2D eigenvalue weighted by molar-refractivity contribution is 5.46. The van der Waals surface area contributed by atoms with Gasteiger partial charge in [0.15, 0.2) is 0 Å². The van der Waals surface area contributed by atoms with Crippen LogP contribution in [0.15, 0.2) is 24.3 Å². The standard InChI is InChI=1S/C14H21F2N/c1-11-5-7-13(8-6-11)17(4)10-9-12(2)14(3,15)16/h5-8,12H,9-10H2,1-4H3. The molecule has 0 fully saturated rings. The lowest BCUT2D eigenvalue weighted by Crippen LogP contribution is -2.27. The van der Waals surface area contributed by atoms with Crippen LogP contribution in [0.2, 0.25) is 0 Å². The molecule has 0 amide bonds. The van der Waals surface area contributed by atoms with Gasteiger partial charge in [-0.2, -0.15) is 0 Å². The monoisotopic (exact) mass is 241 g/mol. The number of benzene rings is 1. The van der Waals surface area contributed by atoms with Crippen LogP contribution in [0.1, 0.15) is 25.8 Å². The molecule has 0 N–H and O–H groups in total. The number of hydrogen-bond donors (Lipinski definition) is 0. The van der Waals surface area contributed by atoms with Crippen molar-refractivity contribution in [2.75, 3.05) is 18.5 Å². The van der Waals surface area contributed by atoms with Crippen LogP contribution in [0.3, 0.4) is 0 Å². The summed E-state index contributed by atoms with van der Waals surface area (Å²) in [7, 11) is 1.94. The third kappa shape index (κ3) is 4.33. The van der Waals surface area contributed by atoms with Crippen molar-refractivity contribution in [2.24, 2.45) is 5.92 Å². The Labute approximate surface area is 102 Å². The molecule has 1 nitrogen and oxygen atoms in total. The number of rotatable bonds is 5. The van der Waals surface area contributed by atoms with Crippen molar-refractivity contribution in [3.05, 3.63) is 29.8 Å². The molecule has 0 heterocycles. The Morgan fingerprint density at radius 1 is 1.24 bits per heavy atom. The van der Waals surface area contributed by atoms with E-state index < -0.39 is 11.8 Å². The average Bonchev–Trinajstić information content (AvgIpc) is 2.25. The van der Waals surface area contributed by atoms with Crippen LogP contribution in [-0.2, 0) is 0 Å². The van der Waals surface area contributed by atoms with Gasteiger partial charge in [-0.3, -0.25) is 0 Å². The second kappa shape index (κ2) is 5.48. The highest BCUT2D eigenvalue weighted by Crippen LogP contribution is 2.26. The Morgan fingerprint density at radius 3 is 2.24 bits per heavy atom. The first kappa shape index (κ1) is 13.9. The van der Waals surface area contributed by atoms with Gasteiger partial charge in [-0.25, -0.2) is 8.78 Å². The van der Waals surface area contributed by atoms with E-state index in [2.05, 4.69) is 0 Å². The molecule has 0 radical (unpaired) electrons. The largest absolute Gasteiger partial charge is 0.375 e. The van der Waals surface area contributed by atoms with Gasteiger partial charge in [0.2, 0.25) is 5.92 Å². The second-order valence-corrected chi connectivity index (χ2v) is 4.90. The summed E-state index contributed by atoms with van der Waals surface area (Å²) in [6.45, 7) is 5.27. The van der Waals surface area contributed by atoms with E-state index in [4.69, 9.17) is 0 Å². The number of hydrogen-bond acceptors (Lipinski definition) is 1. The number of anilines is 1. The molecule has 0 aliphatic heterocycles. The zero-order valence-electron chi connectivity index (χ0n) is 11.0. The summed E-state index contributed by atoms with van der Waals surface area (Å²) < 4.78 is 26.0. The lowest BCUT2D eigenvalue weighted by Gasteiger charge is -2.24. The molecular weight excluding hydrogens is 220 g/mol. The first-order valence-electron chi connectivity index (χ1n) is 5.96. The van der Waals surface area contributed by atoms with Gasteiger partial charge >= 0.3 is 0 Å². The maximum atomic E-state index is 13.0. The quantitative estimate of drug-likeness (QED) is 0.749. The Hall–Kier alpha value is -1.12. The fraction of sp³-hybridized carbons (Fsp3) is 0.571. The van der Waals surface area contributed by atoms with E-state index in [0.717, 1.165) is 12.6 Å². The zero-order chi connectivity index (χ0) is 13.1. The Kier molecular flexibility index (Phi) is 4.49. The zero-order valence-corrected chi connectivity index (χ0v) is 11.0. The van der Waals surface area contributed by atoms with Gasteiger partial charge in [-0.1, -0.05) is 24.6 Å². The Balaban J connectivity index is 2.50. The topological polar surface area (TPSA) is 3.24 Å². The Morgan fingerprint density at radius 2 is 1.76 bits per heavy atom. The molecule has 0 bridgehead atoms. The van der Waals surface area contributed by atoms with Crippen molar-refractivity contribution >= 4 is 5.69 Å². The number of halogens is 2. The molecule has 0 saturated carbocycles. The summed E-state index contributed by atoms with van der Waals surface area (Å²) in [6.07, 6.45) is 0.494. The lowest BCUT2D eigenvalue weighted by atomic mass is 10.0. The van der Waals surface area contributed by atoms with Crippen molar-refractivity contribution in [1.29, 1.82) is 0 Å². The molecule has 96 valence electrons. The minimum Gasteiger partial charge on any atom is -0.375 e. The van der Waals surface area contributed by atoms with Gasteiger partial charge in [0.25, 0.3) is 0 Å². The van der Waals surface area contributed by atoms with Crippen LogP contribution in [0.25, 0.3) is 0 Å². The summed E-state index contributed by atoms with van der Waals surface area (Å²) in [5.74, 6) is -3.18. The molecular formula is C14H21F2N. The smallest absolute Gasteiger partial charge is 0.248 e. The molecule has 17 heavy (non-hydrogen) atoms. The second-order valence-electron chi connectivity index (χ2n) is 4.90. The van der Waals surface area contributed by atoms with E-state index in [1.165, 1.54) is 5.56 Å². The minimum atomic E-state index is -2.59. The summed E-state index contributed by atoms with van der Waals surface area (Å²) in [5, 5.41) is 0. The van der Waals surface area contributed by atoms with Crippen molar-refractivity contribution in [3.63, 3.8) is 0 Å². The third-order valence-electron chi connectivity index (χ3n) is 3.24. The van der Waals surface area contributed by atoms with E-state index in [9.17, 15) is 8.78 Å². The normalized spacial score (nSPS) is 13.5. The summed E-state index contributed by atoms with van der Waals surface area (Å²) in [4.78, 5) is 2.02. The molecule has 0 saturated heterocycles. The van der Waals surface area contributed by atoms with Crippen molar-refractivity contribution < 1.29 is 8.78 Å². The first-order valence-corrected chi connectivity index (χ1v) is 5.96. The molecule has 1 atom stereocenters. The van der Waals surface area contributed by atoms with Crippen LogP contribution in [0.5, 0.6) is 0 Å². The lowest BCUT2D eigenvalue weighted by molar-refractivity contribution is -0.0344. The molecule has 0 aliphatic carbocycles. The summed E-state index contributed by atoms with van der Waals surface area (Å²) >= 11 is 0. The van der Waals surface area contributed by atoms with E-state index in [0.29, 0.717) is 13.0 Å². The maximum Gasteiger partial charge on any atom is 0.248 e. The number of nitrogens with zero attached hydrogens (tertiary/aromatic N) is 1. The molecule has 1 rings (SSSR count). The SMILES string of the molecule is Cc1ccc(N(C)CCC(C)C(C)(F)F)cc1. The Bertz CT molecular complexity index is 340. The molecule has 0 spiro atoms. The molecule has 0 aliphatic rings. The summed E-state index contributed by atoms with van der Waals surface area (Å²) in [5.41, 5.74) is 2.28. The first-order chi connectivity index (χ1) is 7.80. The van der Waals surface area contributed by atoms with E-state index in [-0.39, 0.29) is 0 Å². The number of alkyl halides is 2. The predicted octanol–water partition coefficient (Wildman–Crippen LogP) is 4.11. The van der Waals surface area contributed by atoms with E-state index in [1.807, 2.05) is 43.1 Å². The molecule has 3 heteroatoms. The van der Waals surface area contributed by atoms with Gasteiger partial charge < -0.3 is 4.90 Å². The highest BCUT2D eigenvalue weighted by atomic mass is 19.3. The molecule has 0 aromatic heterocycles. The third-order valence-corrected chi connectivity index (χ3v) is 3.24. The van der Waals surface area contributed by atoms with Gasteiger partial charge in [0, 0.05) is 25.2 Å². The summed E-state index contributed by atoms with van der Waals surface area (Å²) in [6, 6.07) is 8.10. The van der Waals surface area contributed by atoms with Crippen LogP contribution < -0.4 is 4.90 Å². The predicted molar refractivity (Wildman–Crippen MR) is 68.9 cm³/mol. The van der Waals surface area contributed by atoms with Crippen LogP contribution in [0.4, 0.5) is 14.5 Å². The number of aryl methyl sites for hydroxylation is 1. The minimum absolute atomic E-state index is 0.494. The molecule has 1 aromatic rings. The van der Waals surface area contributed by atoms with Gasteiger partial charge in [-0.15, -0.1) is 0 Å².